The zero-order valence-electron chi connectivity index (χ0n) is 18.3. The molecule has 1 aliphatic rings. The minimum Gasteiger partial charge on any atom is -0.497 e. The van der Waals surface area contributed by atoms with Crippen LogP contribution in [-0.4, -0.2) is 48.8 Å². The zero-order valence-corrected chi connectivity index (χ0v) is 21.3. The van der Waals surface area contributed by atoms with E-state index in [-0.39, 0.29) is 11.4 Å². The number of hydrogen-bond acceptors (Lipinski definition) is 7. The number of amides is 3. The maximum absolute atomic E-state index is 12.8. The van der Waals surface area contributed by atoms with Gasteiger partial charge in [-0.2, -0.15) is 0 Å². The van der Waals surface area contributed by atoms with Gasteiger partial charge in [0.1, 0.15) is 12.3 Å². The molecule has 2 aromatic carbocycles. The van der Waals surface area contributed by atoms with Crippen LogP contribution in [0.4, 0.5) is 10.5 Å². The molecule has 1 fully saturated rings. The van der Waals surface area contributed by atoms with Gasteiger partial charge < -0.3 is 19.5 Å². The molecule has 1 heterocycles. The summed E-state index contributed by atoms with van der Waals surface area (Å²) in [6, 6.07) is 10.4. The van der Waals surface area contributed by atoms with Crippen molar-refractivity contribution >= 4 is 63.2 Å². The number of ether oxygens (including phenoxy) is 3. The van der Waals surface area contributed by atoms with E-state index >= 15 is 0 Å². The van der Waals surface area contributed by atoms with E-state index in [4.69, 9.17) is 14.2 Å². The number of methoxy groups -OCH3 is 1. The third kappa shape index (κ3) is 6.20. The van der Waals surface area contributed by atoms with Crippen molar-refractivity contribution in [2.45, 2.75) is 13.8 Å². The van der Waals surface area contributed by atoms with Crippen LogP contribution in [0.5, 0.6) is 17.2 Å². The molecule has 1 saturated heterocycles. The minimum atomic E-state index is -0.517. The molecule has 33 heavy (non-hydrogen) atoms. The zero-order chi connectivity index (χ0) is 24.0. The molecule has 1 N–H and O–H groups in total. The summed E-state index contributed by atoms with van der Waals surface area (Å²) in [5.41, 5.74) is 1.23. The third-order valence-electron chi connectivity index (χ3n) is 4.47. The molecule has 0 spiro atoms. The predicted molar refractivity (Wildman–Crippen MR) is 136 cm³/mol. The van der Waals surface area contributed by atoms with Crippen molar-refractivity contribution in [3.05, 3.63) is 50.4 Å². The van der Waals surface area contributed by atoms with Gasteiger partial charge >= 0.3 is 0 Å². The van der Waals surface area contributed by atoms with Gasteiger partial charge in [-0.3, -0.25) is 19.3 Å². The first-order valence-corrected chi connectivity index (χ1v) is 12.0. The molecule has 0 aromatic heterocycles. The summed E-state index contributed by atoms with van der Waals surface area (Å²) in [5.74, 6) is 0.867. The van der Waals surface area contributed by atoms with Crippen LogP contribution < -0.4 is 19.5 Å². The highest BCUT2D eigenvalue weighted by Gasteiger charge is 2.36. The Balaban J connectivity index is 1.74. The van der Waals surface area contributed by atoms with Crippen LogP contribution in [0.1, 0.15) is 19.4 Å². The molecule has 174 valence electrons. The van der Waals surface area contributed by atoms with E-state index in [1.165, 1.54) is 0 Å². The Labute approximate surface area is 209 Å². The molecular weight excluding hydrogens is 559 g/mol. The summed E-state index contributed by atoms with van der Waals surface area (Å²) >= 11 is 2.94. The maximum Gasteiger partial charge on any atom is 0.294 e. The van der Waals surface area contributed by atoms with Gasteiger partial charge in [0.25, 0.3) is 11.1 Å². The van der Waals surface area contributed by atoms with Crippen molar-refractivity contribution < 1.29 is 28.6 Å². The van der Waals surface area contributed by atoms with Gasteiger partial charge in [-0.15, -0.1) is 0 Å². The molecule has 10 heteroatoms. The highest BCUT2D eigenvalue weighted by molar-refractivity contribution is 14.1. The van der Waals surface area contributed by atoms with E-state index < -0.39 is 17.1 Å². The molecule has 0 radical (unpaired) electrons. The second kappa shape index (κ2) is 11.4. The number of anilines is 1. The second-order valence-electron chi connectivity index (χ2n) is 6.74. The second-order valence-corrected chi connectivity index (χ2v) is 8.90. The van der Waals surface area contributed by atoms with Gasteiger partial charge in [-0.1, -0.05) is 0 Å². The lowest BCUT2D eigenvalue weighted by atomic mass is 10.2. The fourth-order valence-electron chi connectivity index (χ4n) is 3.02. The first-order valence-electron chi connectivity index (χ1n) is 10.1. The van der Waals surface area contributed by atoms with Gasteiger partial charge in [-0.25, -0.2) is 0 Å². The Kier molecular flexibility index (Phi) is 8.61. The van der Waals surface area contributed by atoms with Crippen LogP contribution >= 0.6 is 34.4 Å². The topological polar surface area (TPSA) is 94.2 Å². The van der Waals surface area contributed by atoms with Crippen molar-refractivity contribution in [1.29, 1.82) is 0 Å². The van der Waals surface area contributed by atoms with Gasteiger partial charge in [0, 0.05) is 5.69 Å². The Morgan fingerprint density at radius 2 is 1.82 bits per heavy atom. The summed E-state index contributed by atoms with van der Waals surface area (Å²) in [4.78, 5) is 38.8. The lowest BCUT2D eigenvalue weighted by Crippen LogP contribution is -2.36. The van der Waals surface area contributed by atoms with Crippen LogP contribution in [0.3, 0.4) is 0 Å². The Bertz CT molecular complexity index is 1090. The first-order chi connectivity index (χ1) is 15.9. The van der Waals surface area contributed by atoms with E-state index in [1.807, 2.05) is 19.9 Å². The molecule has 3 rings (SSSR count). The monoisotopic (exact) mass is 582 g/mol. The lowest BCUT2D eigenvalue weighted by molar-refractivity contribution is -0.127. The summed E-state index contributed by atoms with van der Waals surface area (Å²) in [7, 11) is 1.55. The molecule has 3 amide bonds. The quantitative estimate of drug-likeness (QED) is 0.336. The van der Waals surface area contributed by atoms with Crippen molar-refractivity contribution in [2.75, 3.05) is 32.2 Å². The van der Waals surface area contributed by atoms with Crippen LogP contribution in [0, 0.1) is 3.57 Å². The largest absolute Gasteiger partial charge is 0.497 e. The fraction of sp³-hybridized carbons (Fsp3) is 0.261. The van der Waals surface area contributed by atoms with E-state index in [1.54, 1.807) is 43.5 Å². The summed E-state index contributed by atoms with van der Waals surface area (Å²) < 4.78 is 17.3. The molecule has 1 aliphatic heterocycles. The number of carbonyl (C=O) groups is 3. The molecule has 0 atom stereocenters. The van der Waals surface area contributed by atoms with E-state index in [0.717, 1.165) is 20.2 Å². The number of hydrogen-bond donors (Lipinski definition) is 1. The van der Waals surface area contributed by atoms with Crippen LogP contribution in [0.15, 0.2) is 41.3 Å². The summed E-state index contributed by atoms with van der Waals surface area (Å²) in [6.45, 7) is 4.34. The number of carbonyl (C=O) groups excluding carboxylic acids is 3. The van der Waals surface area contributed by atoms with Crippen molar-refractivity contribution in [1.82, 2.24) is 4.90 Å². The molecule has 0 saturated carbocycles. The Morgan fingerprint density at radius 3 is 2.45 bits per heavy atom. The number of thioether (sulfide) groups is 1. The Morgan fingerprint density at radius 1 is 1.12 bits per heavy atom. The predicted octanol–water partition coefficient (Wildman–Crippen LogP) is 4.77. The number of benzene rings is 2. The van der Waals surface area contributed by atoms with Gasteiger partial charge in [0.15, 0.2) is 11.5 Å². The molecule has 0 unspecified atom stereocenters. The smallest absolute Gasteiger partial charge is 0.294 e. The Hall–Kier alpha value is -2.73. The lowest BCUT2D eigenvalue weighted by Gasteiger charge is -2.14. The molecular formula is C23H23IN2O6S. The normalized spacial score (nSPS) is 14.5. The number of halogens is 1. The molecule has 2 aromatic rings. The number of nitrogens with one attached hydrogen (secondary N) is 1. The standard InChI is InChI=1S/C23H23IN2O6S/c1-4-31-18-11-14(10-17(24)21(18)32-5-2)12-19-22(28)26(23(29)33-19)13-20(27)25-15-6-8-16(30-3)9-7-15/h6-12H,4-5,13H2,1-3H3,(H,25,27)/b19-12+. The van der Waals surface area contributed by atoms with Crippen molar-refractivity contribution in [3.63, 3.8) is 0 Å². The summed E-state index contributed by atoms with van der Waals surface area (Å²) in [5, 5.41) is 2.17. The van der Waals surface area contributed by atoms with Crippen LogP contribution in [0.25, 0.3) is 6.08 Å². The average molecular weight is 582 g/mol. The SMILES string of the molecule is CCOc1cc(/C=C2/SC(=O)N(CC(=O)Nc3ccc(OC)cc3)C2=O)cc(I)c1OCC. The molecule has 0 aliphatic carbocycles. The number of imide groups is 1. The highest BCUT2D eigenvalue weighted by Crippen LogP contribution is 2.37. The third-order valence-corrected chi connectivity index (χ3v) is 6.18. The van der Waals surface area contributed by atoms with Gasteiger partial charge in [0.05, 0.1) is 28.8 Å². The molecule has 0 bridgehead atoms. The number of rotatable bonds is 9. The summed E-state index contributed by atoms with van der Waals surface area (Å²) in [6.07, 6.45) is 1.62. The maximum atomic E-state index is 12.8. The van der Waals surface area contributed by atoms with Gasteiger partial charge in [0.2, 0.25) is 5.91 Å². The van der Waals surface area contributed by atoms with Crippen molar-refractivity contribution in [3.8, 4) is 17.2 Å². The van der Waals surface area contributed by atoms with Crippen molar-refractivity contribution in [2.24, 2.45) is 0 Å². The van der Waals surface area contributed by atoms with Crippen LogP contribution in [-0.2, 0) is 9.59 Å². The fourth-order valence-corrected chi connectivity index (χ4v) is 4.64. The average Bonchev–Trinajstić information content (AvgIpc) is 3.04. The van der Waals surface area contributed by atoms with Crippen LogP contribution in [0.2, 0.25) is 0 Å². The van der Waals surface area contributed by atoms with E-state index in [2.05, 4.69) is 27.9 Å². The molecule has 8 nitrogen and oxygen atoms in total. The minimum absolute atomic E-state index is 0.236. The van der Waals surface area contributed by atoms with E-state index in [9.17, 15) is 14.4 Å². The highest BCUT2D eigenvalue weighted by atomic mass is 127. The van der Waals surface area contributed by atoms with E-state index in [0.29, 0.717) is 41.7 Å². The number of nitrogens with zero attached hydrogens (tertiary/aromatic N) is 1. The first kappa shape index (κ1) is 24.9. The van der Waals surface area contributed by atoms with Gasteiger partial charge in [-0.05, 0) is 96.2 Å².